The van der Waals surface area contributed by atoms with Crippen molar-refractivity contribution in [2.45, 2.75) is 32.7 Å². The van der Waals surface area contributed by atoms with E-state index in [1.807, 2.05) is 12.3 Å². The summed E-state index contributed by atoms with van der Waals surface area (Å²) < 4.78 is 1.74. The van der Waals surface area contributed by atoms with Crippen molar-refractivity contribution < 1.29 is 0 Å². The summed E-state index contributed by atoms with van der Waals surface area (Å²) in [5.41, 5.74) is 0.0598. The first kappa shape index (κ1) is 18.3. The fourth-order valence-corrected chi connectivity index (χ4v) is 3.04. The van der Waals surface area contributed by atoms with E-state index in [1.165, 1.54) is 4.88 Å². The summed E-state index contributed by atoms with van der Waals surface area (Å²) >= 11 is 1.78. The van der Waals surface area contributed by atoms with Gasteiger partial charge < -0.3 is 15.2 Å². The molecule has 2 heterocycles. The number of aromatic nitrogens is 1. The molecule has 0 saturated heterocycles. The molecular weight excluding hydrogens is 320 g/mol. The van der Waals surface area contributed by atoms with Crippen LogP contribution in [-0.4, -0.2) is 30.2 Å². The van der Waals surface area contributed by atoms with Crippen molar-refractivity contribution in [3.05, 3.63) is 57.1 Å². The summed E-state index contributed by atoms with van der Waals surface area (Å²) in [6, 6.07) is 9.49. The molecule has 0 fully saturated rings. The molecule has 0 radical (unpaired) electrons. The molecule has 2 aromatic rings. The van der Waals surface area contributed by atoms with Crippen molar-refractivity contribution in [1.29, 1.82) is 0 Å². The van der Waals surface area contributed by atoms with E-state index in [2.05, 4.69) is 40.1 Å². The molecule has 0 atom stereocenters. The van der Waals surface area contributed by atoms with Gasteiger partial charge in [-0.2, -0.15) is 0 Å². The van der Waals surface area contributed by atoms with Gasteiger partial charge in [0.15, 0.2) is 5.96 Å². The maximum Gasteiger partial charge on any atom is 0.250 e. The zero-order chi connectivity index (χ0) is 17.0. The van der Waals surface area contributed by atoms with Crippen LogP contribution >= 0.6 is 11.3 Å². The van der Waals surface area contributed by atoms with Crippen LogP contribution in [-0.2, 0) is 13.0 Å². The Bertz CT molecular complexity index is 664. The number of aliphatic imine (C=N–C) groups is 1. The maximum atomic E-state index is 11.6. The minimum atomic E-state index is 0.0598. The first-order valence-electron chi connectivity index (χ1n) is 8.49. The van der Waals surface area contributed by atoms with Gasteiger partial charge in [0.1, 0.15) is 0 Å². The number of hydrogen-bond donors (Lipinski definition) is 2. The first-order chi connectivity index (χ1) is 11.8. The Morgan fingerprint density at radius 2 is 2.12 bits per heavy atom. The van der Waals surface area contributed by atoms with Gasteiger partial charge in [0, 0.05) is 43.3 Å². The average molecular weight is 347 g/mol. The molecular formula is C18H26N4OS. The lowest BCUT2D eigenvalue weighted by molar-refractivity contribution is 0.597. The van der Waals surface area contributed by atoms with Crippen molar-refractivity contribution in [2.24, 2.45) is 4.99 Å². The third kappa shape index (κ3) is 6.58. The summed E-state index contributed by atoms with van der Waals surface area (Å²) in [5.74, 6) is 0.867. The molecule has 0 aliphatic rings. The molecule has 2 N–H and O–H groups in total. The van der Waals surface area contributed by atoms with Crippen molar-refractivity contribution in [2.75, 3.05) is 19.6 Å². The van der Waals surface area contributed by atoms with Crippen molar-refractivity contribution in [3.8, 4) is 0 Å². The highest BCUT2D eigenvalue weighted by atomic mass is 32.1. The van der Waals surface area contributed by atoms with Crippen LogP contribution in [0.4, 0.5) is 0 Å². The van der Waals surface area contributed by atoms with Crippen LogP contribution in [0.25, 0.3) is 0 Å². The molecule has 0 aromatic carbocycles. The van der Waals surface area contributed by atoms with Crippen LogP contribution in [0.5, 0.6) is 0 Å². The van der Waals surface area contributed by atoms with E-state index in [0.29, 0.717) is 0 Å². The number of aryl methyl sites for hydroxylation is 1. The van der Waals surface area contributed by atoms with Gasteiger partial charge in [-0.1, -0.05) is 12.1 Å². The normalized spacial score (nSPS) is 11.5. The van der Waals surface area contributed by atoms with Gasteiger partial charge in [-0.15, -0.1) is 11.3 Å². The second-order valence-electron chi connectivity index (χ2n) is 5.46. The van der Waals surface area contributed by atoms with Crippen molar-refractivity contribution in [1.82, 2.24) is 15.2 Å². The molecule has 0 unspecified atom stereocenters. The number of hydrogen-bond acceptors (Lipinski definition) is 3. The molecule has 0 aliphatic carbocycles. The van der Waals surface area contributed by atoms with Crippen LogP contribution in [0.1, 0.15) is 24.6 Å². The van der Waals surface area contributed by atoms with Crippen LogP contribution in [0.2, 0.25) is 0 Å². The van der Waals surface area contributed by atoms with Gasteiger partial charge in [0.2, 0.25) is 5.56 Å². The standard InChI is InChI=1S/C18H26N4OS/c1-2-19-18(21-12-10-16-8-7-15-24-16)20-11-4-6-14-22-13-5-3-9-17(22)23/h3,5,7-9,13,15H,2,4,6,10-12,14H2,1H3,(H2,19,20,21). The second-order valence-corrected chi connectivity index (χ2v) is 6.49. The Morgan fingerprint density at radius 3 is 2.88 bits per heavy atom. The predicted octanol–water partition coefficient (Wildman–Crippen LogP) is 2.49. The summed E-state index contributed by atoms with van der Waals surface area (Å²) in [4.78, 5) is 17.6. The highest BCUT2D eigenvalue weighted by Gasteiger charge is 1.99. The van der Waals surface area contributed by atoms with E-state index in [9.17, 15) is 4.79 Å². The topological polar surface area (TPSA) is 58.4 Å². The SMILES string of the molecule is CCNC(=NCCCCn1ccccc1=O)NCCc1cccs1. The second kappa shape index (κ2) is 10.6. The summed E-state index contributed by atoms with van der Waals surface area (Å²) in [6.45, 7) is 5.31. The molecule has 0 bridgehead atoms. The lowest BCUT2D eigenvalue weighted by Gasteiger charge is -2.11. The van der Waals surface area contributed by atoms with Crippen LogP contribution in [0.15, 0.2) is 51.7 Å². The zero-order valence-corrected chi connectivity index (χ0v) is 15.0. The van der Waals surface area contributed by atoms with E-state index >= 15 is 0 Å². The summed E-state index contributed by atoms with van der Waals surface area (Å²) in [5, 5.41) is 8.74. The quantitative estimate of drug-likeness (QED) is 0.417. The predicted molar refractivity (Wildman–Crippen MR) is 102 cm³/mol. The van der Waals surface area contributed by atoms with E-state index in [1.54, 1.807) is 28.0 Å². The van der Waals surface area contributed by atoms with E-state index < -0.39 is 0 Å². The third-order valence-corrected chi connectivity index (χ3v) is 4.50. The van der Waals surface area contributed by atoms with Gasteiger partial charge >= 0.3 is 0 Å². The van der Waals surface area contributed by atoms with Crippen molar-refractivity contribution >= 4 is 17.3 Å². The molecule has 0 saturated carbocycles. The Labute approximate surface area is 147 Å². The average Bonchev–Trinajstić information content (AvgIpc) is 3.09. The summed E-state index contributed by atoms with van der Waals surface area (Å²) in [6.07, 6.45) is 4.76. The molecule has 2 aromatic heterocycles. The fraction of sp³-hybridized carbons (Fsp3) is 0.444. The Morgan fingerprint density at radius 1 is 1.21 bits per heavy atom. The van der Waals surface area contributed by atoms with Crippen LogP contribution in [0.3, 0.4) is 0 Å². The van der Waals surface area contributed by atoms with Gasteiger partial charge in [-0.3, -0.25) is 9.79 Å². The van der Waals surface area contributed by atoms with E-state index in [-0.39, 0.29) is 5.56 Å². The first-order valence-corrected chi connectivity index (χ1v) is 9.37. The Hall–Kier alpha value is -2.08. The molecule has 24 heavy (non-hydrogen) atoms. The lowest BCUT2D eigenvalue weighted by Crippen LogP contribution is -2.38. The molecule has 2 rings (SSSR count). The van der Waals surface area contributed by atoms with Crippen molar-refractivity contribution in [3.63, 3.8) is 0 Å². The lowest BCUT2D eigenvalue weighted by atomic mass is 10.3. The van der Waals surface area contributed by atoms with Gasteiger partial charge in [-0.05, 0) is 43.7 Å². The minimum Gasteiger partial charge on any atom is -0.357 e. The van der Waals surface area contributed by atoms with Gasteiger partial charge in [0.05, 0.1) is 0 Å². The largest absolute Gasteiger partial charge is 0.357 e. The number of unbranched alkanes of at least 4 members (excludes halogenated alkanes) is 1. The number of rotatable bonds is 9. The monoisotopic (exact) mass is 346 g/mol. The number of pyridine rings is 1. The number of nitrogens with one attached hydrogen (secondary N) is 2. The molecule has 0 aliphatic heterocycles. The van der Waals surface area contributed by atoms with Gasteiger partial charge in [0.25, 0.3) is 0 Å². The molecule has 6 heteroatoms. The number of nitrogens with zero attached hydrogens (tertiary/aromatic N) is 2. The number of guanidine groups is 1. The minimum absolute atomic E-state index is 0.0598. The van der Waals surface area contributed by atoms with E-state index in [4.69, 9.17) is 0 Å². The number of thiophene rings is 1. The summed E-state index contributed by atoms with van der Waals surface area (Å²) in [7, 11) is 0. The molecule has 5 nitrogen and oxygen atoms in total. The Kier molecular flexibility index (Phi) is 8.10. The fourth-order valence-electron chi connectivity index (χ4n) is 2.33. The highest BCUT2D eigenvalue weighted by Crippen LogP contribution is 2.07. The smallest absolute Gasteiger partial charge is 0.250 e. The third-order valence-electron chi connectivity index (χ3n) is 3.56. The van der Waals surface area contributed by atoms with E-state index in [0.717, 1.165) is 51.4 Å². The molecule has 0 spiro atoms. The highest BCUT2D eigenvalue weighted by molar-refractivity contribution is 7.09. The van der Waals surface area contributed by atoms with Crippen LogP contribution < -0.4 is 16.2 Å². The Balaban J connectivity index is 1.68. The van der Waals surface area contributed by atoms with Crippen LogP contribution in [0, 0.1) is 0 Å². The molecule has 0 amide bonds. The van der Waals surface area contributed by atoms with Gasteiger partial charge in [-0.25, -0.2) is 0 Å². The maximum absolute atomic E-state index is 11.6. The molecule has 130 valence electrons. The zero-order valence-electron chi connectivity index (χ0n) is 14.2.